The van der Waals surface area contributed by atoms with Gasteiger partial charge in [0.1, 0.15) is 0 Å². The molecule has 5 heteroatoms. The number of methoxy groups -OCH3 is 1. The molecule has 0 aliphatic carbocycles. The normalized spacial score (nSPS) is 11.2. The summed E-state index contributed by atoms with van der Waals surface area (Å²) >= 11 is 0. The van der Waals surface area contributed by atoms with E-state index in [9.17, 15) is 0 Å². The summed E-state index contributed by atoms with van der Waals surface area (Å²) in [5.74, 6) is 0.941. The monoisotopic (exact) mass is 254 g/mol. The van der Waals surface area contributed by atoms with Crippen molar-refractivity contribution in [3.63, 3.8) is 0 Å². The van der Waals surface area contributed by atoms with Crippen molar-refractivity contribution in [2.75, 3.05) is 45.2 Å². The number of ether oxygens (including phenoxy) is 1. The van der Waals surface area contributed by atoms with Gasteiger partial charge < -0.3 is 19.5 Å². The molecule has 0 amide bonds. The fraction of sp³-hybridized carbons (Fsp3) is 0.769. The van der Waals surface area contributed by atoms with Gasteiger partial charge in [0, 0.05) is 32.9 Å². The smallest absolute Gasteiger partial charge is 0.203 e. The van der Waals surface area contributed by atoms with Gasteiger partial charge in [0.2, 0.25) is 5.95 Å². The standard InChI is InChI=1S/C13H26N4O/c1-5-16(6-2)8-7-14-13-15-12(3)11-17(13)9-10-18-4/h11H,5-10H2,1-4H3,(H,14,15). The number of hydrogen-bond acceptors (Lipinski definition) is 4. The SMILES string of the molecule is CCN(CC)CCNc1nc(C)cn1CCOC. The van der Waals surface area contributed by atoms with E-state index >= 15 is 0 Å². The summed E-state index contributed by atoms with van der Waals surface area (Å²) in [5, 5.41) is 3.40. The van der Waals surface area contributed by atoms with Crippen molar-refractivity contribution in [2.24, 2.45) is 0 Å². The third kappa shape index (κ3) is 4.66. The Bertz CT molecular complexity index is 334. The van der Waals surface area contributed by atoms with Crippen LogP contribution in [0, 0.1) is 6.92 Å². The van der Waals surface area contributed by atoms with Gasteiger partial charge in [-0.3, -0.25) is 0 Å². The number of anilines is 1. The molecule has 0 spiro atoms. The lowest BCUT2D eigenvalue weighted by Crippen LogP contribution is -2.29. The van der Waals surface area contributed by atoms with Crippen LogP contribution in [0.25, 0.3) is 0 Å². The van der Waals surface area contributed by atoms with Crippen LogP contribution in [0.5, 0.6) is 0 Å². The summed E-state index contributed by atoms with van der Waals surface area (Å²) in [5.41, 5.74) is 1.04. The maximum Gasteiger partial charge on any atom is 0.203 e. The summed E-state index contributed by atoms with van der Waals surface area (Å²) < 4.78 is 7.22. The van der Waals surface area contributed by atoms with E-state index in [4.69, 9.17) is 4.74 Å². The van der Waals surface area contributed by atoms with E-state index < -0.39 is 0 Å². The predicted octanol–water partition coefficient (Wildman–Crippen LogP) is 1.59. The van der Waals surface area contributed by atoms with Crippen LogP contribution in [0.15, 0.2) is 6.20 Å². The molecule has 104 valence electrons. The molecule has 0 unspecified atom stereocenters. The molecule has 0 aliphatic heterocycles. The van der Waals surface area contributed by atoms with Gasteiger partial charge in [-0.15, -0.1) is 0 Å². The van der Waals surface area contributed by atoms with Gasteiger partial charge in [-0.1, -0.05) is 13.8 Å². The Hall–Kier alpha value is -1.07. The molecule has 1 heterocycles. The summed E-state index contributed by atoms with van der Waals surface area (Å²) in [7, 11) is 1.72. The van der Waals surface area contributed by atoms with Gasteiger partial charge in [-0.2, -0.15) is 0 Å². The molecule has 0 saturated heterocycles. The number of aromatic nitrogens is 2. The fourth-order valence-electron chi connectivity index (χ4n) is 1.91. The first-order valence-electron chi connectivity index (χ1n) is 6.70. The molecule has 0 fully saturated rings. The van der Waals surface area contributed by atoms with E-state index in [2.05, 4.69) is 39.8 Å². The van der Waals surface area contributed by atoms with Crippen LogP contribution in [0.3, 0.4) is 0 Å². The van der Waals surface area contributed by atoms with Gasteiger partial charge in [0.25, 0.3) is 0 Å². The molecule has 0 radical (unpaired) electrons. The third-order valence-corrected chi connectivity index (χ3v) is 3.04. The first kappa shape index (κ1) is 15.0. The van der Waals surface area contributed by atoms with Crippen LogP contribution in [0.1, 0.15) is 19.5 Å². The topological polar surface area (TPSA) is 42.3 Å². The molecule has 1 aromatic rings. The largest absolute Gasteiger partial charge is 0.383 e. The summed E-state index contributed by atoms with van der Waals surface area (Å²) in [4.78, 5) is 6.88. The fourth-order valence-corrected chi connectivity index (χ4v) is 1.91. The first-order valence-corrected chi connectivity index (χ1v) is 6.70. The Morgan fingerprint density at radius 1 is 1.39 bits per heavy atom. The van der Waals surface area contributed by atoms with E-state index in [-0.39, 0.29) is 0 Å². The molecule has 0 aromatic carbocycles. The lowest BCUT2D eigenvalue weighted by atomic mass is 10.4. The minimum atomic E-state index is 0.709. The second kappa shape index (κ2) is 8.11. The van der Waals surface area contributed by atoms with Crippen molar-refractivity contribution in [3.05, 3.63) is 11.9 Å². The van der Waals surface area contributed by atoms with E-state index in [1.54, 1.807) is 7.11 Å². The van der Waals surface area contributed by atoms with Crippen molar-refractivity contribution in [1.29, 1.82) is 0 Å². The van der Waals surface area contributed by atoms with E-state index in [0.29, 0.717) is 6.61 Å². The summed E-state index contributed by atoms with van der Waals surface area (Å²) in [6, 6.07) is 0. The van der Waals surface area contributed by atoms with E-state index in [1.807, 2.05) is 6.92 Å². The first-order chi connectivity index (χ1) is 8.71. The lowest BCUT2D eigenvalue weighted by molar-refractivity contribution is 0.187. The molecule has 0 aliphatic rings. The number of rotatable bonds is 9. The number of nitrogens with zero attached hydrogens (tertiary/aromatic N) is 3. The van der Waals surface area contributed by atoms with Crippen molar-refractivity contribution in [1.82, 2.24) is 14.5 Å². The van der Waals surface area contributed by atoms with Gasteiger partial charge in [0.15, 0.2) is 0 Å². The van der Waals surface area contributed by atoms with Crippen LogP contribution >= 0.6 is 0 Å². The Balaban J connectivity index is 2.45. The van der Waals surface area contributed by atoms with Crippen molar-refractivity contribution < 1.29 is 4.74 Å². The highest BCUT2D eigenvalue weighted by Crippen LogP contribution is 2.07. The zero-order valence-electron chi connectivity index (χ0n) is 12.1. The maximum absolute atomic E-state index is 5.10. The summed E-state index contributed by atoms with van der Waals surface area (Å²) in [6.07, 6.45) is 2.05. The molecule has 5 nitrogen and oxygen atoms in total. The van der Waals surface area contributed by atoms with Crippen LogP contribution in [0.2, 0.25) is 0 Å². The second-order valence-corrected chi connectivity index (χ2v) is 4.35. The molecule has 0 atom stereocenters. The number of nitrogens with one attached hydrogen (secondary N) is 1. The van der Waals surface area contributed by atoms with Crippen molar-refractivity contribution in [2.45, 2.75) is 27.3 Å². The number of likely N-dealkylation sites (N-methyl/N-ethyl adjacent to an activating group) is 1. The molecular weight excluding hydrogens is 228 g/mol. The highest BCUT2D eigenvalue weighted by Gasteiger charge is 2.05. The molecule has 1 rings (SSSR count). The average Bonchev–Trinajstić information content (AvgIpc) is 2.72. The van der Waals surface area contributed by atoms with Crippen LogP contribution in [-0.2, 0) is 11.3 Å². The maximum atomic E-state index is 5.10. The Morgan fingerprint density at radius 3 is 2.72 bits per heavy atom. The quantitative estimate of drug-likeness (QED) is 0.727. The zero-order valence-corrected chi connectivity index (χ0v) is 12.1. The van der Waals surface area contributed by atoms with E-state index in [1.165, 1.54) is 0 Å². The number of hydrogen-bond donors (Lipinski definition) is 1. The Kier molecular flexibility index (Phi) is 6.75. The van der Waals surface area contributed by atoms with Crippen LogP contribution in [-0.4, -0.2) is 54.3 Å². The highest BCUT2D eigenvalue weighted by molar-refractivity contribution is 5.28. The number of aryl methyl sites for hydroxylation is 1. The molecule has 1 N–H and O–H groups in total. The van der Waals surface area contributed by atoms with Crippen molar-refractivity contribution >= 4 is 5.95 Å². The third-order valence-electron chi connectivity index (χ3n) is 3.04. The molecule has 0 bridgehead atoms. The average molecular weight is 254 g/mol. The zero-order chi connectivity index (χ0) is 13.4. The molecular formula is C13H26N4O. The Labute approximate surface area is 110 Å². The van der Waals surface area contributed by atoms with E-state index in [0.717, 1.165) is 44.4 Å². The van der Waals surface area contributed by atoms with Gasteiger partial charge >= 0.3 is 0 Å². The highest BCUT2D eigenvalue weighted by atomic mass is 16.5. The van der Waals surface area contributed by atoms with Gasteiger partial charge in [-0.25, -0.2) is 4.98 Å². The van der Waals surface area contributed by atoms with Crippen LogP contribution < -0.4 is 5.32 Å². The number of imidazole rings is 1. The van der Waals surface area contributed by atoms with Gasteiger partial charge in [0.05, 0.1) is 12.3 Å². The van der Waals surface area contributed by atoms with Crippen LogP contribution in [0.4, 0.5) is 5.95 Å². The minimum absolute atomic E-state index is 0.709. The minimum Gasteiger partial charge on any atom is -0.383 e. The second-order valence-electron chi connectivity index (χ2n) is 4.35. The van der Waals surface area contributed by atoms with Crippen molar-refractivity contribution in [3.8, 4) is 0 Å². The molecule has 0 saturated carbocycles. The molecule has 18 heavy (non-hydrogen) atoms. The predicted molar refractivity (Wildman–Crippen MR) is 75.1 cm³/mol. The Morgan fingerprint density at radius 2 is 2.11 bits per heavy atom. The molecule has 1 aromatic heterocycles. The summed E-state index contributed by atoms with van der Waals surface area (Å²) in [6.45, 7) is 12.1. The van der Waals surface area contributed by atoms with Gasteiger partial charge in [-0.05, 0) is 20.0 Å². The lowest BCUT2D eigenvalue weighted by Gasteiger charge is -2.18.